The van der Waals surface area contributed by atoms with E-state index in [1.165, 1.54) is 0 Å². The number of rotatable bonds is 5. The smallest absolute Gasteiger partial charge is 0.251 e. The number of carbonyl (C=O) groups excluding carboxylic acids is 1. The highest BCUT2D eigenvalue weighted by Crippen LogP contribution is 2.22. The molecule has 1 unspecified atom stereocenters. The second kappa shape index (κ2) is 7.96. The molecular formula is C15H28N2O3. The Kier molecular flexibility index (Phi) is 6.26. The summed E-state index contributed by atoms with van der Waals surface area (Å²) in [5.74, 6) is 0.150. The highest BCUT2D eigenvalue weighted by atomic mass is 16.5. The van der Waals surface area contributed by atoms with Gasteiger partial charge < -0.3 is 20.1 Å². The third-order valence-electron chi connectivity index (χ3n) is 4.19. The van der Waals surface area contributed by atoms with Gasteiger partial charge in [0.25, 0.3) is 5.91 Å². The van der Waals surface area contributed by atoms with Gasteiger partial charge in [-0.15, -0.1) is 0 Å². The molecule has 0 radical (unpaired) electrons. The Morgan fingerprint density at radius 1 is 1.30 bits per heavy atom. The molecule has 2 aliphatic heterocycles. The Labute approximate surface area is 121 Å². The first-order chi connectivity index (χ1) is 9.74. The van der Waals surface area contributed by atoms with E-state index >= 15 is 0 Å². The lowest BCUT2D eigenvalue weighted by Crippen LogP contribution is -2.40. The number of carbonyl (C=O) groups is 1. The molecule has 0 bridgehead atoms. The van der Waals surface area contributed by atoms with Crippen LogP contribution >= 0.6 is 0 Å². The van der Waals surface area contributed by atoms with Gasteiger partial charge in [-0.3, -0.25) is 4.79 Å². The standard InChI is InChI=1S/C15H28N2O3/c1-2-10-19-12-4-3-8-17(9-7-12)15(18)14-6-5-13(11-16)20-14/h12-14H,2-11,16H2,1H3/t12?,13-,14+/m1/s1. The van der Waals surface area contributed by atoms with Crippen molar-refractivity contribution in [2.75, 3.05) is 26.2 Å². The van der Waals surface area contributed by atoms with E-state index in [9.17, 15) is 4.79 Å². The molecule has 2 saturated heterocycles. The average molecular weight is 284 g/mol. The van der Waals surface area contributed by atoms with Gasteiger partial charge in [-0.2, -0.15) is 0 Å². The highest BCUT2D eigenvalue weighted by Gasteiger charge is 2.33. The number of nitrogens with zero attached hydrogens (tertiary/aromatic N) is 1. The highest BCUT2D eigenvalue weighted by molar-refractivity contribution is 5.81. The van der Waals surface area contributed by atoms with Crippen molar-refractivity contribution in [1.82, 2.24) is 4.90 Å². The van der Waals surface area contributed by atoms with Crippen LogP contribution in [0.15, 0.2) is 0 Å². The Hall–Kier alpha value is -0.650. The molecule has 3 atom stereocenters. The maximum atomic E-state index is 12.5. The summed E-state index contributed by atoms with van der Waals surface area (Å²) < 4.78 is 11.5. The van der Waals surface area contributed by atoms with Crippen molar-refractivity contribution in [3.63, 3.8) is 0 Å². The number of hydrogen-bond donors (Lipinski definition) is 1. The predicted molar refractivity (Wildman–Crippen MR) is 77.4 cm³/mol. The average Bonchev–Trinajstić information content (AvgIpc) is 2.83. The quantitative estimate of drug-likeness (QED) is 0.826. The van der Waals surface area contributed by atoms with Gasteiger partial charge in [0.1, 0.15) is 6.10 Å². The summed E-state index contributed by atoms with van der Waals surface area (Å²) >= 11 is 0. The monoisotopic (exact) mass is 284 g/mol. The fraction of sp³-hybridized carbons (Fsp3) is 0.933. The normalized spacial score (nSPS) is 31.3. The molecule has 20 heavy (non-hydrogen) atoms. The van der Waals surface area contributed by atoms with Gasteiger partial charge in [-0.05, 0) is 38.5 Å². The largest absolute Gasteiger partial charge is 0.378 e. The molecule has 0 aromatic carbocycles. The lowest BCUT2D eigenvalue weighted by molar-refractivity contribution is -0.142. The molecule has 0 spiro atoms. The van der Waals surface area contributed by atoms with E-state index in [2.05, 4.69) is 6.92 Å². The predicted octanol–water partition coefficient (Wildman–Crippen LogP) is 1.30. The van der Waals surface area contributed by atoms with Gasteiger partial charge in [0.05, 0.1) is 12.2 Å². The zero-order valence-corrected chi connectivity index (χ0v) is 12.6. The molecule has 0 aliphatic carbocycles. The molecular weight excluding hydrogens is 256 g/mol. The first kappa shape index (κ1) is 15.7. The summed E-state index contributed by atoms with van der Waals surface area (Å²) in [6, 6.07) is 0. The van der Waals surface area contributed by atoms with Crippen molar-refractivity contribution in [2.45, 2.75) is 63.8 Å². The van der Waals surface area contributed by atoms with E-state index in [1.54, 1.807) is 0 Å². The maximum Gasteiger partial charge on any atom is 0.251 e. The van der Waals surface area contributed by atoms with Crippen molar-refractivity contribution >= 4 is 5.91 Å². The summed E-state index contributed by atoms with van der Waals surface area (Å²) in [6.45, 7) is 5.08. The van der Waals surface area contributed by atoms with Gasteiger partial charge in [0, 0.05) is 26.2 Å². The first-order valence-electron chi connectivity index (χ1n) is 8.00. The molecule has 2 aliphatic rings. The summed E-state index contributed by atoms with van der Waals surface area (Å²) in [5, 5.41) is 0. The van der Waals surface area contributed by atoms with E-state index in [-0.39, 0.29) is 18.1 Å². The molecule has 2 N–H and O–H groups in total. The lowest BCUT2D eigenvalue weighted by atomic mass is 10.1. The summed E-state index contributed by atoms with van der Waals surface area (Å²) in [6.07, 6.45) is 5.90. The van der Waals surface area contributed by atoms with Crippen LogP contribution in [-0.4, -0.2) is 55.4 Å². The molecule has 5 heteroatoms. The van der Waals surface area contributed by atoms with Gasteiger partial charge in [0.2, 0.25) is 0 Å². The zero-order valence-electron chi connectivity index (χ0n) is 12.6. The lowest BCUT2D eigenvalue weighted by Gasteiger charge is -2.24. The van der Waals surface area contributed by atoms with Crippen molar-refractivity contribution in [3.8, 4) is 0 Å². The minimum Gasteiger partial charge on any atom is -0.378 e. The van der Waals surface area contributed by atoms with Crippen molar-refractivity contribution in [1.29, 1.82) is 0 Å². The molecule has 0 saturated carbocycles. The Balaban J connectivity index is 1.79. The van der Waals surface area contributed by atoms with Crippen molar-refractivity contribution < 1.29 is 14.3 Å². The van der Waals surface area contributed by atoms with Gasteiger partial charge in [-0.25, -0.2) is 0 Å². The Morgan fingerprint density at radius 2 is 2.15 bits per heavy atom. The van der Waals surface area contributed by atoms with Crippen LogP contribution in [0, 0.1) is 0 Å². The summed E-state index contributed by atoms with van der Waals surface area (Å²) in [5.41, 5.74) is 5.60. The molecule has 2 rings (SSSR count). The van der Waals surface area contributed by atoms with Crippen LogP contribution in [0.25, 0.3) is 0 Å². The van der Waals surface area contributed by atoms with E-state index in [1.807, 2.05) is 4.90 Å². The molecule has 0 aromatic heterocycles. The van der Waals surface area contributed by atoms with E-state index in [0.717, 1.165) is 58.2 Å². The van der Waals surface area contributed by atoms with Crippen molar-refractivity contribution in [2.24, 2.45) is 5.73 Å². The van der Waals surface area contributed by atoms with E-state index < -0.39 is 0 Å². The van der Waals surface area contributed by atoms with Crippen LogP contribution in [0.4, 0.5) is 0 Å². The maximum absolute atomic E-state index is 12.5. The second-order valence-electron chi connectivity index (χ2n) is 5.81. The SMILES string of the molecule is CCCOC1CCCN(C(=O)[C@@H]2CC[C@H](CN)O2)CC1. The van der Waals surface area contributed by atoms with Gasteiger partial charge in [-0.1, -0.05) is 6.92 Å². The van der Waals surface area contributed by atoms with Gasteiger partial charge in [0.15, 0.2) is 0 Å². The summed E-state index contributed by atoms with van der Waals surface area (Å²) in [4.78, 5) is 14.4. The summed E-state index contributed by atoms with van der Waals surface area (Å²) in [7, 11) is 0. The first-order valence-corrected chi connectivity index (χ1v) is 8.00. The number of ether oxygens (including phenoxy) is 2. The molecule has 0 aromatic rings. The van der Waals surface area contributed by atoms with Crippen LogP contribution in [0.1, 0.15) is 45.4 Å². The minimum atomic E-state index is -0.267. The Morgan fingerprint density at radius 3 is 2.85 bits per heavy atom. The molecule has 1 amide bonds. The zero-order chi connectivity index (χ0) is 14.4. The van der Waals surface area contributed by atoms with Gasteiger partial charge >= 0.3 is 0 Å². The number of nitrogens with two attached hydrogens (primary N) is 1. The molecule has 2 fully saturated rings. The number of amides is 1. The second-order valence-corrected chi connectivity index (χ2v) is 5.81. The van der Waals surface area contributed by atoms with Crippen LogP contribution in [0.2, 0.25) is 0 Å². The van der Waals surface area contributed by atoms with Crippen molar-refractivity contribution in [3.05, 3.63) is 0 Å². The third-order valence-corrected chi connectivity index (χ3v) is 4.19. The van der Waals surface area contributed by atoms with E-state index in [4.69, 9.17) is 15.2 Å². The fourth-order valence-electron chi connectivity index (χ4n) is 3.00. The van der Waals surface area contributed by atoms with Crippen LogP contribution in [0.3, 0.4) is 0 Å². The van der Waals surface area contributed by atoms with Crippen LogP contribution < -0.4 is 5.73 Å². The number of likely N-dealkylation sites (tertiary alicyclic amines) is 1. The van der Waals surface area contributed by atoms with E-state index in [0.29, 0.717) is 12.6 Å². The molecule has 116 valence electrons. The minimum absolute atomic E-state index is 0.0663. The fourth-order valence-corrected chi connectivity index (χ4v) is 3.00. The molecule has 2 heterocycles. The third kappa shape index (κ3) is 4.17. The number of hydrogen-bond acceptors (Lipinski definition) is 4. The van der Waals surface area contributed by atoms with Crippen LogP contribution in [0.5, 0.6) is 0 Å². The van der Waals surface area contributed by atoms with Crippen LogP contribution in [-0.2, 0) is 14.3 Å². The molecule has 5 nitrogen and oxygen atoms in total. The topological polar surface area (TPSA) is 64.8 Å². The Bertz CT molecular complexity index is 311.